The highest BCUT2D eigenvalue weighted by atomic mass is 35.5. The number of likely N-dealkylation sites (N-methyl/N-ethyl adjacent to an activating group) is 1. The molecule has 0 aromatic heterocycles. The third kappa shape index (κ3) is 6.28. The molecule has 1 aromatic rings. The number of carbonyl (C=O) groups excluding carboxylic acids is 1. The maximum absolute atomic E-state index is 11.5. The molecule has 0 radical (unpaired) electrons. The van der Waals surface area contributed by atoms with E-state index in [0.29, 0.717) is 13.0 Å². The molecular weight excluding hydrogens is 268 g/mol. The number of carbonyl (C=O) groups is 1. The topological polar surface area (TPSA) is 41.1 Å². The van der Waals surface area contributed by atoms with Gasteiger partial charge < -0.3 is 10.6 Å². The first kappa shape index (κ1) is 15.3. The first-order valence-corrected chi connectivity index (χ1v) is 7.45. The number of hydrogen-bond acceptors (Lipinski definition) is 3. The smallest absolute Gasteiger partial charge is 0.220 e. The van der Waals surface area contributed by atoms with E-state index < -0.39 is 0 Å². The highest BCUT2D eigenvalue weighted by molar-refractivity contribution is 7.99. The van der Waals surface area contributed by atoms with Crippen LogP contribution in [0.1, 0.15) is 13.3 Å². The lowest BCUT2D eigenvalue weighted by Crippen LogP contribution is -2.31. The SMILES string of the molecule is CCNCCNC(=O)CCSc1ccccc1Cl. The van der Waals surface area contributed by atoms with Crippen LogP contribution in [-0.4, -0.2) is 31.3 Å². The van der Waals surface area contributed by atoms with Gasteiger partial charge in [0, 0.05) is 30.2 Å². The predicted molar refractivity (Wildman–Crippen MR) is 78.3 cm³/mol. The first-order valence-electron chi connectivity index (χ1n) is 6.08. The monoisotopic (exact) mass is 286 g/mol. The fourth-order valence-electron chi connectivity index (χ4n) is 1.37. The Morgan fingerprint density at radius 2 is 2.11 bits per heavy atom. The minimum Gasteiger partial charge on any atom is -0.355 e. The summed E-state index contributed by atoms with van der Waals surface area (Å²) in [5.41, 5.74) is 0. The van der Waals surface area contributed by atoms with Crippen LogP contribution in [0.15, 0.2) is 29.2 Å². The minimum absolute atomic E-state index is 0.0902. The van der Waals surface area contributed by atoms with Crippen LogP contribution in [0.5, 0.6) is 0 Å². The summed E-state index contributed by atoms with van der Waals surface area (Å²) in [5, 5.41) is 6.77. The number of amides is 1. The van der Waals surface area contributed by atoms with Crippen LogP contribution >= 0.6 is 23.4 Å². The molecule has 0 saturated carbocycles. The van der Waals surface area contributed by atoms with Crippen molar-refractivity contribution in [2.24, 2.45) is 0 Å². The van der Waals surface area contributed by atoms with E-state index in [1.54, 1.807) is 11.8 Å². The quantitative estimate of drug-likeness (QED) is 0.570. The summed E-state index contributed by atoms with van der Waals surface area (Å²) < 4.78 is 0. The molecule has 18 heavy (non-hydrogen) atoms. The van der Waals surface area contributed by atoms with E-state index in [-0.39, 0.29) is 5.91 Å². The lowest BCUT2D eigenvalue weighted by Gasteiger charge is -2.06. The van der Waals surface area contributed by atoms with E-state index in [9.17, 15) is 4.79 Å². The molecule has 0 saturated heterocycles. The number of halogens is 1. The number of thioether (sulfide) groups is 1. The Morgan fingerprint density at radius 1 is 1.33 bits per heavy atom. The Kier molecular flexibility index (Phi) is 7.89. The highest BCUT2D eigenvalue weighted by Crippen LogP contribution is 2.26. The molecule has 100 valence electrons. The molecular formula is C13H19ClN2OS. The van der Waals surface area contributed by atoms with Crippen molar-refractivity contribution in [3.8, 4) is 0 Å². The molecule has 0 unspecified atom stereocenters. The van der Waals surface area contributed by atoms with Crippen LogP contribution in [-0.2, 0) is 4.79 Å². The minimum atomic E-state index is 0.0902. The van der Waals surface area contributed by atoms with Gasteiger partial charge in [-0.25, -0.2) is 0 Å². The van der Waals surface area contributed by atoms with Crippen molar-refractivity contribution >= 4 is 29.3 Å². The third-order valence-electron chi connectivity index (χ3n) is 2.30. The largest absolute Gasteiger partial charge is 0.355 e. The van der Waals surface area contributed by atoms with Gasteiger partial charge in [0.1, 0.15) is 0 Å². The van der Waals surface area contributed by atoms with Gasteiger partial charge in [-0.3, -0.25) is 4.79 Å². The lowest BCUT2D eigenvalue weighted by atomic mass is 10.4. The highest BCUT2D eigenvalue weighted by Gasteiger charge is 2.03. The van der Waals surface area contributed by atoms with Crippen molar-refractivity contribution in [1.29, 1.82) is 0 Å². The molecule has 1 amide bonds. The molecule has 2 N–H and O–H groups in total. The molecule has 1 aromatic carbocycles. The Bertz CT molecular complexity index is 374. The van der Waals surface area contributed by atoms with Gasteiger partial charge in [0.2, 0.25) is 5.91 Å². The molecule has 0 aliphatic rings. The second-order valence-electron chi connectivity index (χ2n) is 3.73. The van der Waals surface area contributed by atoms with Crippen LogP contribution in [0.2, 0.25) is 5.02 Å². The zero-order chi connectivity index (χ0) is 13.2. The standard InChI is InChI=1S/C13H19ClN2OS/c1-2-15-8-9-16-13(17)7-10-18-12-6-4-3-5-11(12)14/h3-6,15H,2,7-10H2,1H3,(H,16,17). The Hall–Kier alpha value is -0.710. The second kappa shape index (κ2) is 9.25. The molecule has 0 atom stereocenters. The lowest BCUT2D eigenvalue weighted by molar-refractivity contribution is -0.120. The Labute approximate surface area is 118 Å². The number of nitrogens with one attached hydrogen (secondary N) is 2. The molecule has 0 aliphatic carbocycles. The van der Waals surface area contributed by atoms with Crippen molar-refractivity contribution < 1.29 is 4.79 Å². The number of hydrogen-bond donors (Lipinski definition) is 2. The number of rotatable bonds is 8. The maximum atomic E-state index is 11.5. The number of benzene rings is 1. The summed E-state index contributed by atoms with van der Waals surface area (Å²) in [6, 6.07) is 7.68. The molecule has 0 spiro atoms. The summed E-state index contributed by atoms with van der Waals surface area (Å²) in [7, 11) is 0. The Morgan fingerprint density at radius 3 is 2.83 bits per heavy atom. The van der Waals surface area contributed by atoms with Crippen LogP contribution in [0.25, 0.3) is 0 Å². The predicted octanol–water partition coefficient (Wildman–Crippen LogP) is 2.55. The summed E-state index contributed by atoms with van der Waals surface area (Å²) >= 11 is 7.64. The molecule has 5 heteroatoms. The van der Waals surface area contributed by atoms with Gasteiger partial charge in [0.15, 0.2) is 0 Å². The normalized spacial score (nSPS) is 10.3. The van der Waals surface area contributed by atoms with Crippen molar-refractivity contribution in [3.05, 3.63) is 29.3 Å². The summed E-state index contributed by atoms with van der Waals surface area (Å²) in [6.07, 6.45) is 0.516. The van der Waals surface area contributed by atoms with E-state index in [0.717, 1.165) is 28.8 Å². The van der Waals surface area contributed by atoms with Gasteiger partial charge in [0.05, 0.1) is 5.02 Å². The van der Waals surface area contributed by atoms with Gasteiger partial charge in [0.25, 0.3) is 0 Å². The van der Waals surface area contributed by atoms with Crippen molar-refractivity contribution in [3.63, 3.8) is 0 Å². The van der Waals surface area contributed by atoms with Crippen LogP contribution in [0.4, 0.5) is 0 Å². The third-order valence-corrected chi connectivity index (χ3v) is 3.81. The first-order chi connectivity index (χ1) is 8.74. The van der Waals surface area contributed by atoms with E-state index in [1.165, 1.54) is 0 Å². The second-order valence-corrected chi connectivity index (χ2v) is 5.28. The Balaban J connectivity index is 2.14. The fraction of sp³-hybridized carbons (Fsp3) is 0.462. The summed E-state index contributed by atoms with van der Waals surface area (Å²) in [6.45, 7) is 4.48. The van der Waals surface area contributed by atoms with Crippen molar-refractivity contribution in [2.45, 2.75) is 18.2 Å². The molecule has 0 fully saturated rings. The van der Waals surface area contributed by atoms with E-state index in [1.807, 2.05) is 31.2 Å². The molecule has 1 rings (SSSR count). The van der Waals surface area contributed by atoms with Gasteiger partial charge in [-0.05, 0) is 18.7 Å². The molecule has 0 bridgehead atoms. The summed E-state index contributed by atoms with van der Waals surface area (Å²) in [5.74, 6) is 0.837. The van der Waals surface area contributed by atoms with E-state index in [4.69, 9.17) is 11.6 Å². The van der Waals surface area contributed by atoms with E-state index >= 15 is 0 Å². The fourth-order valence-corrected chi connectivity index (χ4v) is 2.56. The molecule has 0 heterocycles. The van der Waals surface area contributed by atoms with Crippen LogP contribution in [0, 0.1) is 0 Å². The average molecular weight is 287 g/mol. The van der Waals surface area contributed by atoms with Crippen molar-refractivity contribution in [1.82, 2.24) is 10.6 Å². The maximum Gasteiger partial charge on any atom is 0.220 e. The molecule has 3 nitrogen and oxygen atoms in total. The van der Waals surface area contributed by atoms with Crippen LogP contribution < -0.4 is 10.6 Å². The van der Waals surface area contributed by atoms with Gasteiger partial charge in [-0.15, -0.1) is 11.8 Å². The summed E-state index contributed by atoms with van der Waals surface area (Å²) in [4.78, 5) is 12.5. The zero-order valence-corrected chi connectivity index (χ0v) is 12.1. The average Bonchev–Trinajstić information content (AvgIpc) is 2.37. The van der Waals surface area contributed by atoms with Crippen LogP contribution in [0.3, 0.4) is 0 Å². The molecule has 0 aliphatic heterocycles. The van der Waals surface area contributed by atoms with Gasteiger partial charge in [-0.2, -0.15) is 0 Å². The van der Waals surface area contributed by atoms with Gasteiger partial charge >= 0.3 is 0 Å². The van der Waals surface area contributed by atoms with Crippen molar-refractivity contribution in [2.75, 3.05) is 25.4 Å². The zero-order valence-electron chi connectivity index (χ0n) is 10.5. The van der Waals surface area contributed by atoms with Gasteiger partial charge in [-0.1, -0.05) is 30.7 Å². The van der Waals surface area contributed by atoms with E-state index in [2.05, 4.69) is 10.6 Å².